The van der Waals surface area contributed by atoms with Crippen LogP contribution in [0.3, 0.4) is 0 Å². The second-order valence-electron chi connectivity index (χ2n) is 11.6. The summed E-state index contributed by atoms with van der Waals surface area (Å²) >= 11 is 0. The SMILES string of the molecule is COC[C@@H]1CCCN1C[C@@H]1C[C@H](c2ccc(CO)cc2)O[C@H](c2ccc(-c3cccc(CNC(=O)CCC(=O)O)c3)cc2)O1. The Hall–Kier alpha value is -3.60. The molecule has 0 bridgehead atoms. The number of carboxylic acid groups (broad SMARTS) is 1. The molecule has 3 aromatic carbocycles. The van der Waals surface area contributed by atoms with Gasteiger partial charge in [-0.1, -0.05) is 66.7 Å². The molecule has 2 fully saturated rings. The van der Waals surface area contributed by atoms with Crippen LogP contribution in [0.2, 0.25) is 0 Å². The number of nitrogens with zero attached hydrogens (tertiary/aromatic N) is 1. The number of carbonyl (C=O) groups excluding carboxylic acids is 1. The maximum absolute atomic E-state index is 12.0. The molecule has 0 aliphatic carbocycles. The number of ether oxygens (including phenoxy) is 3. The van der Waals surface area contributed by atoms with Crippen molar-refractivity contribution in [2.24, 2.45) is 0 Å². The Bertz CT molecular complexity index is 1380. The third-order valence-electron chi connectivity index (χ3n) is 8.41. The molecule has 0 unspecified atom stereocenters. The van der Waals surface area contributed by atoms with Crippen molar-refractivity contribution in [3.8, 4) is 11.1 Å². The molecule has 234 valence electrons. The molecule has 0 saturated carbocycles. The zero-order valence-corrected chi connectivity index (χ0v) is 25.2. The first-order valence-corrected chi connectivity index (χ1v) is 15.3. The number of hydrogen-bond acceptors (Lipinski definition) is 7. The van der Waals surface area contributed by atoms with E-state index < -0.39 is 12.3 Å². The van der Waals surface area contributed by atoms with E-state index in [-0.39, 0.29) is 37.6 Å². The number of nitrogens with one attached hydrogen (secondary N) is 1. The minimum atomic E-state index is -0.986. The summed E-state index contributed by atoms with van der Waals surface area (Å²) in [6.07, 6.45) is 2.12. The lowest BCUT2D eigenvalue weighted by atomic mass is 9.98. The summed E-state index contributed by atoms with van der Waals surface area (Å²) in [4.78, 5) is 25.2. The Labute approximate surface area is 258 Å². The second-order valence-corrected chi connectivity index (χ2v) is 11.6. The minimum Gasteiger partial charge on any atom is -0.481 e. The summed E-state index contributed by atoms with van der Waals surface area (Å²) in [6, 6.07) is 24.5. The largest absolute Gasteiger partial charge is 0.481 e. The van der Waals surface area contributed by atoms with Gasteiger partial charge in [-0.05, 0) is 53.3 Å². The monoisotopic (exact) mass is 602 g/mol. The molecule has 2 saturated heterocycles. The van der Waals surface area contributed by atoms with Crippen molar-refractivity contribution in [3.63, 3.8) is 0 Å². The minimum absolute atomic E-state index is 0.00664. The number of methoxy groups -OCH3 is 1. The molecular weight excluding hydrogens is 560 g/mol. The van der Waals surface area contributed by atoms with Gasteiger partial charge in [0.05, 0.1) is 31.8 Å². The van der Waals surface area contributed by atoms with Gasteiger partial charge in [-0.25, -0.2) is 0 Å². The van der Waals surface area contributed by atoms with Crippen LogP contribution in [0.5, 0.6) is 0 Å². The van der Waals surface area contributed by atoms with E-state index in [1.807, 2.05) is 60.7 Å². The molecule has 3 N–H and O–H groups in total. The van der Waals surface area contributed by atoms with Gasteiger partial charge in [0.2, 0.25) is 5.91 Å². The number of hydrogen-bond donors (Lipinski definition) is 3. The zero-order valence-electron chi connectivity index (χ0n) is 25.2. The average Bonchev–Trinajstić information content (AvgIpc) is 3.49. The molecule has 44 heavy (non-hydrogen) atoms. The predicted octanol–water partition coefficient (Wildman–Crippen LogP) is 4.98. The van der Waals surface area contributed by atoms with Crippen LogP contribution in [0.1, 0.15) is 66.8 Å². The number of amides is 1. The smallest absolute Gasteiger partial charge is 0.303 e. The maximum atomic E-state index is 12.0. The van der Waals surface area contributed by atoms with E-state index in [4.69, 9.17) is 19.3 Å². The van der Waals surface area contributed by atoms with Crippen LogP contribution < -0.4 is 5.32 Å². The van der Waals surface area contributed by atoms with Crippen molar-refractivity contribution < 1.29 is 34.0 Å². The van der Waals surface area contributed by atoms with Crippen LogP contribution in [-0.4, -0.2) is 65.9 Å². The van der Waals surface area contributed by atoms with E-state index in [0.717, 1.165) is 72.3 Å². The van der Waals surface area contributed by atoms with Crippen molar-refractivity contribution >= 4 is 11.9 Å². The first-order chi connectivity index (χ1) is 21.4. The molecule has 0 radical (unpaired) electrons. The van der Waals surface area contributed by atoms with Gasteiger partial charge in [-0.3, -0.25) is 14.5 Å². The van der Waals surface area contributed by atoms with Gasteiger partial charge in [-0.15, -0.1) is 0 Å². The highest BCUT2D eigenvalue weighted by atomic mass is 16.7. The van der Waals surface area contributed by atoms with E-state index in [0.29, 0.717) is 12.6 Å². The van der Waals surface area contributed by atoms with Crippen molar-refractivity contribution in [3.05, 3.63) is 95.1 Å². The van der Waals surface area contributed by atoms with Crippen molar-refractivity contribution in [1.29, 1.82) is 0 Å². The molecule has 2 heterocycles. The normalized spacial score (nSPS) is 22.1. The van der Waals surface area contributed by atoms with Gasteiger partial charge in [0, 0.05) is 44.6 Å². The number of aliphatic carboxylic acids is 1. The van der Waals surface area contributed by atoms with Crippen LogP contribution in [0.4, 0.5) is 0 Å². The van der Waals surface area contributed by atoms with E-state index in [2.05, 4.69) is 22.3 Å². The fourth-order valence-electron chi connectivity index (χ4n) is 6.01. The summed E-state index contributed by atoms with van der Waals surface area (Å²) in [7, 11) is 1.76. The summed E-state index contributed by atoms with van der Waals surface area (Å²) in [6.45, 7) is 2.91. The second kappa shape index (κ2) is 15.4. The molecule has 0 spiro atoms. The fourth-order valence-corrected chi connectivity index (χ4v) is 6.01. The van der Waals surface area contributed by atoms with Gasteiger partial charge in [0.1, 0.15) is 0 Å². The number of aliphatic hydroxyl groups excluding tert-OH is 1. The van der Waals surface area contributed by atoms with Crippen LogP contribution in [0.15, 0.2) is 72.8 Å². The molecule has 2 aliphatic rings. The van der Waals surface area contributed by atoms with Gasteiger partial charge >= 0.3 is 5.97 Å². The fraction of sp³-hybridized carbons (Fsp3) is 0.429. The third-order valence-corrected chi connectivity index (χ3v) is 8.41. The number of rotatable bonds is 13. The number of aliphatic hydroxyl groups is 1. The molecule has 9 nitrogen and oxygen atoms in total. The standard InChI is InChI=1S/C35H42N2O7/c1-42-23-30-6-3-17-37(30)21-31-19-32(27-9-7-24(22-38)8-10-27)44-35(43-31)28-13-11-26(12-14-28)29-5-2-4-25(18-29)20-36-33(39)15-16-34(40)41/h2,4-5,7-14,18,30-32,35,38H,3,6,15-17,19-23H2,1H3,(H,36,39)(H,40,41)/t30-,31-,32+,35+/m0/s1. The summed E-state index contributed by atoms with van der Waals surface area (Å²) < 4.78 is 18.6. The molecule has 9 heteroatoms. The van der Waals surface area contributed by atoms with E-state index >= 15 is 0 Å². The number of carboxylic acids is 1. The van der Waals surface area contributed by atoms with E-state index in [1.165, 1.54) is 0 Å². The first kappa shape index (κ1) is 31.8. The van der Waals surface area contributed by atoms with Crippen LogP contribution >= 0.6 is 0 Å². The molecular formula is C35H42N2O7. The lowest BCUT2D eigenvalue weighted by Crippen LogP contribution is -2.42. The molecule has 1 amide bonds. The molecule has 5 rings (SSSR count). The van der Waals surface area contributed by atoms with E-state index in [1.54, 1.807) is 7.11 Å². The Kier molecular flexibility index (Phi) is 11.1. The quantitative estimate of drug-likeness (QED) is 0.251. The van der Waals surface area contributed by atoms with Gasteiger partial charge in [-0.2, -0.15) is 0 Å². The van der Waals surface area contributed by atoms with Gasteiger partial charge < -0.3 is 29.7 Å². The summed E-state index contributed by atoms with van der Waals surface area (Å²) in [5.41, 5.74) is 5.84. The molecule has 2 aliphatic heterocycles. The highest BCUT2D eigenvalue weighted by Gasteiger charge is 2.35. The average molecular weight is 603 g/mol. The van der Waals surface area contributed by atoms with Gasteiger partial charge in [0.15, 0.2) is 6.29 Å². The molecule has 3 aromatic rings. The van der Waals surface area contributed by atoms with Crippen molar-refractivity contribution in [2.75, 3.05) is 26.8 Å². The number of benzene rings is 3. The highest BCUT2D eigenvalue weighted by molar-refractivity contribution is 5.80. The molecule has 0 aromatic heterocycles. The Morgan fingerprint density at radius 2 is 1.73 bits per heavy atom. The summed E-state index contributed by atoms with van der Waals surface area (Å²) in [5, 5.41) is 21.1. The first-order valence-electron chi connectivity index (χ1n) is 15.3. The zero-order chi connectivity index (χ0) is 30.9. The van der Waals surface area contributed by atoms with Crippen molar-refractivity contribution in [1.82, 2.24) is 10.2 Å². The van der Waals surface area contributed by atoms with Crippen LogP contribution in [0, 0.1) is 0 Å². The van der Waals surface area contributed by atoms with Gasteiger partial charge in [0.25, 0.3) is 0 Å². The van der Waals surface area contributed by atoms with Crippen LogP contribution in [-0.2, 0) is 37.0 Å². The highest BCUT2D eigenvalue weighted by Crippen LogP contribution is 2.39. The topological polar surface area (TPSA) is 118 Å². The summed E-state index contributed by atoms with van der Waals surface area (Å²) in [5.74, 6) is -1.27. The third kappa shape index (κ3) is 8.52. The Morgan fingerprint density at radius 1 is 0.955 bits per heavy atom. The maximum Gasteiger partial charge on any atom is 0.303 e. The predicted molar refractivity (Wildman–Crippen MR) is 165 cm³/mol. The lowest BCUT2D eigenvalue weighted by Gasteiger charge is -2.38. The number of likely N-dealkylation sites (tertiary alicyclic amines) is 1. The lowest BCUT2D eigenvalue weighted by molar-refractivity contribution is -0.253. The Balaban J connectivity index is 1.29. The Morgan fingerprint density at radius 3 is 2.45 bits per heavy atom. The van der Waals surface area contributed by atoms with Crippen molar-refractivity contribution in [2.45, 2.75) is 69.8 Å². The number of carbonyl (C=O) groups is 2. The van der Waals surface area contributed by atoms with E-state index in [9.17, 15) is 14.7 Å². The molecule has 4 atom stereocenters. The van der Waals surface area contributed by atoms with Crippen LogP contribution in [0.25, 0.3) is 11.1 Å².